The van der Waals surface area contributed by atoms with Crippen molar-refractivity contribution in [2.45, 2.75) is 31.6 Å². The van der Waals surface area contributed by atoms with E-state index >= 15 is 0 Å². The first-order valence-electron chi connectivity index (χ1n) is 6.01. The largest absolute Gasteiger partial charge is 0.405 e. The molecule has 106 valence electrons. The summed E-state index contributed by atoms with van der Waals surface area (Å²) in [6.45, 7) is -0.466. The molecule has 0 bridgehead atoms. The van der Waals surface area contributed by atoms with Gasteiger partial charge in [-0.25, -0.2) is 4.98 Å². The number of hydrogen-bond acceptors (Lipinski definition) is 3. The molecule has 19 heavy (non-hydrogen) atoms. The predicted octanol–water partition coefficient (Wildman–Crippen LogP) is 3.09. The molecule has 3 nitrogen and oxygen atoms in total. The summed E-state index contributed by atoms with van der Waals surface area (Å²) < 4.78 is 38.1. The van der Waals surface area contributed by atoms with Gasteiger partial charge in [-0.1, -0.05) is 0 Å². The molecule has 0 amide bonds. The second kappa shape index (κ2) is 5.66. The minimum absolute atomic E-state index is 0.369. The highest BCUT2D eigenvalue weighted by Gasteiger charge is 2.30. The van der Waals surface area contributed by atoms with Gasteiger partial charge in [-0.05, 0) is 34.8 Å². The van der Waals surface area contributed by atoms with Gasteiger partial charge in [0, 0.05) is 35.9 Å². The van der Waals surface area contributed by atoms with E-state index in [-0.39, 0.29) is 0 Å². The summed E-state index contributed by atoms with van der Waals surface area (Å²) in [5.41, 5.74) is 0.771. The van der Waals surface area contributed by atoms with Gasteiger partial charge in [0.2, 0.25) is 0 Å². The van der Waals surface area contributed by atoms with E-state index in [0.29, 0.717) is 18.4 Å². The molecule has 7 heteroatoms. The summed E-state index contributed by atoms with van der Waals surface area (Å²) in [5.74, 6) is 0.369. The van der Waals surface area contributed by atoms with Crippen LogP contribution in [0.4, 0.5) is 19.0 Å². The van der Waals surface area contributed by atoms with E-state index in [1.165, 1.54) is 13.2 Å². The lowest BCUT2D eigenvalue weighted by molar-refractivity contribution is -0.119. The normalized spacial score (nSPS) is 15.6. The van der Waals surface area contributed by atoms with Gasteiger partial charge in [-0.3, -0.25) is 0 Å². The van der Waals surface area contributed by atoms with Crippen molar-refractivity contribution in [3.8, 4) is 0 Å². The number of pyridine rings is 1. The molecule has 1 aromatic rings. The summed E-state index contributed by atoms with van der Waals surface area (Å²) in [7, 11) is 1.41. The Morgan fingerprint density at radius 1 is 1.47 bits per heavy atom. The van der Waals surface area contributed by atoms with Crippen LogP contribution in [0.1, 0.15) is 18.4 Å². The number of nitrogens with zero attached hydrogens (tertiary/aromatic N) is 2. The average Bonchev–Trinajstić information content (AvgIpc) is 3.07. The van der Waals surface area contributed by atoms with Gasteiger partial charge in [-0.15, -0.1) is 0 Å². The van der Waals surface area contributed by atoms with Crippen LogP contribution in [-0.2, 0) is 6.54 Å². The van der Waals surface area contributed by atoms with Gasteiger partial charge in [0.1, 0.15) is 12.4 Å². The van der Waals surface area contributed by atoms with Crippen molar-refractivity contribution in [1.82, 2.24) is 10.3 Å². The van der Waals surface area contributed by atoms with Crippen molar-refractivity contribution >= 4 is 21.7 Å². The Bertz CT molecular complexity index is 446. The fourth-order valence-corrected chi connectivity index (χ4v) is 2.21. The van der Waals surface area contributed by atoms with Crippen LogP contribution in [0.5, 0.6) is 0 Å². The lowest BCUT2D eigenvalue weighted by atomic mass is 10.2. The molecule has 0 aromatic carbocycles. The first-order valence-corrected chi connectivity index (χ1v) is 6.80. The standard InChI is InChI=1S/C12H15BrF3N3/c1-19(7-12(14,15)16)11-8(4-9(13)6-18-11)5-17-10-2-3-10/h4,6,10,17H,2-3,5,7H2,1H3. The highest BCUT2D eigenvalue weighted by Crippen LogP contribution is 2.26. The molecule has 1 N–H and O–H groups in total. The maximum Gasteiger partial charge on any atom is 0.405 e. The van der Waals surface area contributed by atoms with Crippen molar-refractivity contribution in [2.75, 3.05) is 18.5 Å². The molecule has 1 saturated carbocycles. The van der Waals surface area contributed by atoms with E-state index in [0.717, 1.165) is 27.8 Å². The zero-order valence-electron chi connectivity index (χ0n) is 10.5. The van der Waals surface area contributed by atoms with Crippen molar-refractivity contribution in [1.29, 1.82) is 0 Å². The van der Waals surface area contributed by atoms with Crippen LogP contribution in [0.15, 0.2) is 16.7 Å². The molecule has 1 aromatic heterocycles. The highest BCUT2D eigenvalue weighted by atomic mass is 79.9. The molecule has 2 rings (SSSR count). The summed E-state index contributed by atoms with van der Waals surface area (Å²) in [4.78, 5) is 5.23. The van der Waals surface area contributed by atoms with E-state index < -0.39 is 12.7 Å². The molecular weight excluding hydrogens is 323 g/mol. The SMILES string of the molecule is CN(CC(F)(F)F)c1ncc(Br)cc1CNC1CC1. The Morgan fingerprint density at radius 3 is 2.74 bits per heavy atom. The monoisotopic (exact) mass is 337 g/mol. The van der Waals surface area contributed by atoms with Gasteiger partial charge in [0.05, 0.1) is 0 Å². The van der Waals surface area contributed by atoms with Crippen LogP contribution in [-0.4, -0.2) is 30.8 Å². The second-order valence-electron chi connectivity index (χ2n) is 4.76. The van der Waals surface area contributed by atoms with E-state index in [2.05, 4.69) is 26.2 Å². The highest BCUT2D eigenvalue weighted by molar-refractivity contribution is 9.10. The predicted molar refractivity (Wildman–Crippen MR) is 71.1 cm³/mol. The van der Waals surface area contributed by atoms with E-state index in [4.69, 9.17) is 0 Å². The zero-order chi connectivity index (χ0) is 14.0. The summed E-state index contributed by atoms with van der Waals surface area (Å²) in [6.07, 6.45) is -0.447. The van der Waals surface area contributed by atoms with Gasteiger partial charge >= 0.3 is 6.18 Å². The molecule has 1 fully saturated rings. The molecule has 1 aliphatic carbocycles. The van der Waals surface area contributed by atoms with Gasteiger partial charge < -0.3 is 10.2 Å². The van der Waals surface area contributed by atoms with Crippen LogP contribution in [0, 0.1) is 0 Å². The Balaban J connectivity index is 2.12. The van der Waals surface area contributed by atoms with E-state index in [9.17, 15) is 13.2 Å². The maximum absolute atomic E-state index is 12.4. The molecule has 0 unspecified atom stereocenters. The Labute approximate surface area is 118 Å². The Kier molecular flexibility index (Phi) is 4.35. The number of alkyl halides is 3. The third-order valence-corrected chi connectivity index (χ3v) is 3.28. The molecule has 1 aliphatic rings. The smallest absolute Gasteiger partial charge is 0.350 e. The van der Waals surface area contributed by atoms with E-state index in [1.807, 2.05) is 6.07 Å². The molecule has 0 radical (unpaired) electrons. The van der Waals surface area contributed by atoms with Crippen molar-refractivity contribution < 1.29 is 13.2 Å². The fraction of sp³-hybridized carbons (Fsp3) is 0.583. The zero-order valence-corrected chi connectivity index (χ0v) is 12.1. The second-order valence-corrected chi connectivity index (χ2v) is 5.68. The van der Waals surface area contributed by atoms with Crippen LogP contribution in [0.3, 0.4) is 0 Å². The minimum Gasteiger partial charge on any atom is -0.350 e. The third kappa shape index (κ3) is 4.65. The van der Waals surface area contributed by atoms with Crippen LogP contribution >= 0.6 is 15.9 Å². The molecule has 0 saturated heterocycles. The number of rotatable bonds is 5. The molecule has 0 aliphatic heterocycles. The fourth-order valence-electron chi connectivity index (χ4n) is 1.83. The average molecular weight is 338 g/mol. The van der Waals surface area contributed by atoms with Gasteiger partial charge in [0.25, 0.3) is 0 Å². The lowest BCUT2D eigenvalue weighted by Crippen LogP contribution is -2.32. The number of aromatic nitrogens is 1. The lowest BCUT2D eigenvalue weighted by Gasteiger charge is -2.22. The topological polar surface area (TPSA) is 28.2 Å². The van der Waals surface area contributed by atoms with Crippen molar-refractivity contribution in [2.24, 2.45) is 0 Å². The maximum atomic E-state index is 12.4. The number of nitrogens with one attached hydrogen (secondary N) is 1. The third-order valence-electron chi connectivity index (χ3n) is 2.85. The van der Waals surface area contributed by atoms with Gasteiger partial charge in [-0.2, -0.15) is 13.2 Å². The first kappa shape index (κ1) is 14.6. The molecular formula is C12H15BrF3N3. The molecule has 0 spiro atoms. The number of hydrogen-bond donors (Lipinski definition) is 1. The number of halogens is 4. The van der Waals surface area contributed by atoms with Gasteiger partial charge in [0.15, 0.2) is 0 Å². The molecule has 0 atom stereocenters. The summed E-state index contributed by atoms with van der Waals surface area (Å²) in [5, 5.41) is 3.29. The van der Waals surface area contributed by atoms with Crippen LogP contribution in [0.25, 0.3) is 0 Å². The first-order chi connectivity index (χ1) is 8.85. The van der Waals surface area contributed by atoms with E-state index in [1.54, 1.807) is 0 Å². The minimum atomic E-state index is -4.23. The van der Waals surface area contributed by atoms with Crippen LogP contribution in [0.2, 0.25) is 0 Å². The quantitative estimate of drug-likeness (QED) is 0.894. The number of anilines is 1. The summed E-state index contributed by atoms with van der Waals surface area (Å²) >= 11 is 3.30. The van der Waals surface area contributed by atoms with Crippen molar-refractivity contribution in [3.05, 3.63) is 22.3 Å². The van der Waals surface area contributed by atoms with Crippen molar-refractivity contribution in [3.63, 3.8) is 0 Å². The van der Waals surface area contributed by atoms with Crippen LogP contribution < -0.4 is 10.2 Å². The summed E-state index contributed by atoms with van der Waals surface area (Å²) in [6, 6.07) is 2.31. The Morgan fingerprint density at radius 2 is 2.16 bits per heavy atom. The Hall–Kier alpha value is -0.820. The molecule has 1 heterocycles.